The third-order valence-electron chi connectivity index (χ3n) is 2.97. The Kier molecular flexibility index (Phi) is 3.16. The van der Waals surface area contributed by atoms with E-state index in [-0.39, 0.29) is 0 Å². The number of rotatable bonds is 4. The Morgan fingerprint density at radius 1 is 1.25 bits per heavy atom. The van der Waals surface area contributed by atoms with Crippen molar-refractivity contribution in [3.8, 4) is 5.69 Å². The summed E-state index contributed by atoms with van der Waals surface area (Å²) >= 11 is 0. The topological polar surface area (TPSA) is 81.7 Å². The molecule has 7 heteroatoms. The van der Waals surface area contributed by atoms with Crippen molar-refractivity contribution in [2.24, 2.45) is 0 Å². The quantitative estimate of drug-likeness (QED) is 0.779. The van der Waals surface area contributed by atoms with Crippen molar-refractivity contribution in [3.63, 3.8) is 0 Å². The second-order valence-electron chi connectivity index (χ2n) is 4.54. The molecule has 0 fully saturated rings. The van der Waals surface area contributed by atoms with E-state index < -0.39 is 0 Å². The summed E-state index contributed by atoms with van der Waals surface area (Å²) in [7, 11) is 0. The number of nitrogens with one attached hydrogen (secondary N) is 1. The molecule has 102 valence electrons. The molecular formula is C13H14N6O. The van der Waals surface area contributed by atoms with Gasteiger partial charge in [0.25, 0.3) is 0 Å². The van der Waals surface area contributed by atoms with Crippen LogP contribution in [0.25, 0.3) is 5.69 Å². The minimum atomic E-state index is 0.608. The first-order valence-electron chi connectivity index (χ1n) is 6.22. The van der Waals surface area contributed by atoms with Gasteiger partial charge in [0, 0.05) is 11.8 Å². The third-order valence-corrected chi connectivity index (χ3v) is 2.97. The summed E-state index contributed by atoms with van der Waals surface area (Å²) < 4.78 is 6.66. The molecule has 0 aliphatic heterocycles. The van der Waals surface area contributed by atoms with Gasteiger partial charge in [0.1, 0.15) is 17.8 Å². The van der Waals surface area contributed by atoms with Gasteiger partial charge in [-0.2, -0.15) is 0 Å². The van der Waals surface area contributed by atoms with Crippen LogP contribution in [-0.2, 0) is 6.54 Å². The highest BCUT2D eigenvalue weighted by Gasteiger charge is 2.05. The molecule has 0 bridgehead atoms. The molecule has 0 aliphatic carbocycles. The van der Waals surface area contributed by atoms with Crippen LogP contribution < -0.4 is 5.32 Å². The smallest absolute Gasteiger partial charge is 0.143 e. The lowest BCUT2D eigenvalue weighted by Gasteiger charge is -2.10. The summed E-state index contributed by atoms with van der Waals surface area (Å²) in [6, 6.07) is 7.90. The van der Waals surface area contributed by atoms with Crippen LogP contribution in [0.5, 0.6) is 0 Å². The van der Waals surface area contributed by atoms with Gasteiger partial charge in [-0.1, -0.05) is 11.2 Å². The molecule has 0 amide bonds. The molecule has 3 rings (SSSR count). The van der Waals surface area contributed by atoms with Crippen LogP contribution in [0.15, 0.2) is 35.1 Å². The first-order valence-corrected chi connectivity index (χ1v) is 6.22. The van der Waals surface area contributed by atoms with Crippen LogP contribution in [-0.4, -0.2) is 25.4 Å². The number of nitrogens with zero attached hydrogens (tertiary/aromatic N) is 5. The molecule has 0 aliphatic rings. The second kappa shape index (κ2) is 5.12. The van der Waals surface area contributed by atoms with E-state index in [0.29, 0.717) is 6.54 Å². The van der Waals surface area contributed by atoms with E-state index in [2.05, 4.69) is 26.0 Å². The van der Waals surface area contributed by atoms with Crippen LogP contribution in [0.4, 0.5) is 5.69 Å². The summed E-state index contributed by atoms with van der Waals surface area (Å²) in [6.45, 7) is 4.52. The number of aromatic nitrogens is 5. The number of hydrogen-bond donors (Lipinski definition) is 1. The SMILES string of the molecule is Cc1cc(CNc2cc(-n3cnnn3)ccc2C)no1. The fraction of sp³-hybridized carbons (Fsp3) is 0.231. The van der Waals surface area contributed by atoms with Gasteiger partial charge in [-0.3, -0.25) is 0 Å². The lowest BCUT2D eigenvalue weighted by Crippen LogP contribution is -2.03. The van der Waals surface area contributed by atoms with Crippen molar-refractivity contribution in [2.45, 2.75) is 20.4 Å². The van der Waals surface area contributed by atoms with Crippen LogP contribution in [0.1, 0.15) is 17.0 Å². The first-order chi connectivity index (χ1) is 9.72. The maximum atomic E-state index is 5.05. The highest BCUT2D eigenvalue weighted by molar-refractivity contribution is 5.56. The Labute approximate surface area is 115 Å². The maximum absolute atomic E-state index is 5.05. The Morgan fingerprint density at radius 3 is 2.85 bits per heavy atom. The molecule has 2 heterocycles. The third kappa shape index (κ3) is 2.51. The zero-order valence-electron chi connectivity index (χ0n) is 11.2. The Hall–Kier alpha value is -2.70. The van der Waals surface area contributed by atoms with Crippen LogP contribution in [0, 0.1) is 13.8 Å². The number of aryl methyl sites for hydroxylation is 2. The number of benzene rings is 1. The summed E-state index contributed by atoms with van der Waals surface area (Å²) in [6.07, 6.45) is 1.56. The predicted molar refractivity (Wildman–Crippen MR) is 72.5 cm³/mol. The van der Waals surface area contributed by atoms with Gasteiger partial charge in [0.05, 0.1) is 12.2 Å². The molecule has 1 aromatic carbocycles. The van der Waals surface area contributed by atoms with E-state index in [1.165, 1.54) is 0 Å². The van der Waals surface area contributed by atoms with Gasteiger partial charge >= 0.3 is 0 Å². The van der Waals surface area contributed by atoms with E-state index in [0.717, 1.165) is 28.4 Å². The van der Waals surface area contributed by atoms with Gasteiger partial charge in [-0.25, -0.2) is 4.68 Å². The standard InChI is InChI=1S/C13H14N6O/c1-9-3-4-12(19-8-15-17-18-19)6-13(9)14-7-11-5-10(2)20-16-11/h3-6,8,14H,7H2,1-2H3. The first kappa shape index (κ1) is 12.3. The number of hydrogen-bond acceptors (Lipinski definition) is 6. The highest BCUT2D eigenvalue weighted by Crippen LogP contribution is 2.19. The largest absolute Gasteiger partial charge is 0.379 e. The summed E-state index contributed by atoms with van der Waals surface area (Å²) in [4.78, 5) is 0. The molecule has 0 radical (unpaired) electrons. The lowest BCUT2D eigenvalue weighted by atomic mass is 10.1. The molecule has 3 aromatic rings. The fourth-order valence-corrected chi connectivity index (χ4v) is 1.91. The average molecular weight is 270 g/mol. The normalized spacial score (nSPS) is 10.7. The van der Waals surface area contributed by atoms with Crippen molar-refractivity contribution >= 4 is 5.69 Å². The number of tetrazole rings is 1. The molecule has 7 nitrogen and oxygen atoms in total. The Morgan fingerprint density at radius 2 is 2.15 bits per heavy atom. The molecular weight excluding hydrogens is 256 g/mol. The predicted octanol–water partition coefficient (Wildman–Crippen LogP) is 1.88. The molecule has 0 atom stereocenters. The van der Waals surface area contributed by atoms with Gasteiger partial charge in [0.15, 0.2) is 0 Å². The van der Waals surface area contributed by atoms with Crippen LogP contribution >= 0.6 is 0 Å². The Bertz CT molecular complexity index is 703. The molecule has 20 heavy (non-hydrogen) atoms. The average Bonchev–Trinajstić information content (AvgIpc) is 3.09. The van der Waals surface area contributed by atoms with Crippen LogP contribution in [0.2, 0.25) is 0 Å². The molecule has 0 saturated heterocycles. The molecule has 0 unspecified atom stereocenters. The van der Waals surface area contributed by atoms with Crippen molar-refractivity contribution in [2.75, 3.05) is 5.32 Å². The summed E-state index contributed by atoms with van der Waals surface area (Å²) in [5.74, 6) is 0.806. The van der Waals surface area contributed by atoms with E-state index in [1.807, 2.05) is 38.1 Å². The maximum Gasteiger partial charge on any atom is 0.143 e. The van der Waals surface area contributed by atoms with Crippen molar-refractivity contribution < 1.29 is 4.52 Å². The minimum Gasteiger partial charge on any atom is -0.379 e. The zero-order valence-corrected chi connectivity index (χ0v) is 11.2. The Balaban J connectivity index is 1.80. The zero-order chi connectivity index (χ0) is 13.9. The van der Waals surface area contributed by atoms with E-state index >= 15 is 0 Å². The van der Waals surface area contributed by atoms with Crippen LogP contribution in [0.3, 0.4) is 0 Å². The van der Waals surface area contributed by atoms with E-state index in [4.69, 9.17) is 4.52 Å². The summed E-state index contributed by atoms with van der Waals surface area (Å²) in [5.41, 5.74) is 3.93. The van der Waals surface area contributed by atoms with Gasteiger partial charge in [0.2, 0.25) is 0 Å². The van der Waals surface area contributed by atoms with Gasteiger partial charge in [-0.05, 0) is 42.0 Å². The lowest BCUT2D eigenvalue weighted by molar-refractivity contribution is 0.391. The monoisotopic (exact) mass is 270 g/mol. The van der Waals surface area contributed by atoms with Crippen molar-refractivity contribution in [1.82, 2.24) is 25.4 Å². The van der Waals surface area contributed by atoms with Gasteiger partial charge in [-0.15, -0.1) is 5.10 Å². The molecule has 1 N–H and O–H groups in total. The summed E-state index contributed by atoms with van der Waals surface area (Å²) in [5, 5.41) is 18.5. The van der Waals surface area contributed by atoms with Crippen molar-refractivity contribution in [1.29, 1.82) is 0 Å². The minimum absolute atomic E-state index is 0.608. The van der Waals surface area contributed by atoms with Gasteiger partial charge < -0.3 is 9.84 Å². The number of anilines is 1. The molecule has 0 spiro atoms. The second-order valence-corrected chi connectivity index (χ2v) is 4.54. The van der Waals surface area contributed by atoms with E-state index in [9.17, 15) is 0 Å². The fourth-order valence-electron chi connectivity index (χ4n) is 1.91. The molecule has 2 aromatic heterocycles. The molecule has 0 saturated carbocycles. The highest BCUT2D eigenvalue weighted by atomic mass is 16.5. The van der Waals surface area contributed by atoms with E-state index in [1.54, 1.807) is 11.0 Å². The van der Waals surface area contributed by atoms with Crippen molar-refractivity contribution in [3.05, 3.63) is 47.6 Å².